The van der Waals surface area contributed by atoms with Crippen LogP contribution < -0.4 is 5.32 Å². The number of rotatable bonds is 4. The van der Waals surface area contributed by atoms with Crippen LogP contribution in [-0.4, -0.2) is 4.98 Å². The third-order valence-corrected chi connectivity index (χ3v) is 3.28. The minimum atomic E-state index is -0.191. The quantitative estimate of drug-likeness (QED) is 0.928. The molecular formula is C14H14BrFN2. The highest BCUT2D eigenvalue weighted by Crippen LogP contribution is 2.17. The van der Waals surface area contributed by atoms with E-state index in [1.165, 1.54) is 6.07 Å². The van der Waals surface area contributed by atoms with Gasteiger partial charge in [0.2, 0.25) is 0 Å². The Morgan fingerprint density at radius 1 is 1.39 bits per heavy atom. The molecule has 2 aromatic rings. The van der Waals surface area contributed by atoms with Crippen molar-refractivity contribution in [2.24, 2.45) is 0 Å². The van der Waals surface area contributed by atoms with Gasteiger partial charge in [0.25, 0.3) is 0 Å². The Morgan fingerprint density at radius 3 is 2.94 bits per heavy atom. The molecule has 1 aromatic carbocycles. The van der Waals surface area contributed by atoms with Gasteiger partial charge in [0, 0.05) is 35.0 Å². The van der Waals surface area contributed by atoms with E-state index in [4.69, 9.17) is 0 Å². The molecule has 4 heteroatoms. The van der Waals surface area contributed by atoms with Gasteiger partial charge in [-0.2, -0.15) is 0 Å². The minimum Gasteiger partial charge on any atom is -0.306 e. The van der Waals surface area contributed by atoms with Gasteiger partial charge in [0.15, 0.2) is 0 Å². The van der Waals surface area contributed by atoms with E-state index in [1.807, 2.05) is 25.3 Å². The Balaban J connectivity index is 2.01. The molecule has 0 spiro atoms. The smallest absolute Gasteiger partial charge is 0.127 e. The molecule has 2 nitrogen and oxygen atoms in total. The first-order valence-corrected chi connectivity index (χ1v) is 6.53. The molecule has 1 atom stereocenters. The molecular weight excluding hydrogens is 295 g/mol. The number of hydrogen-bond donors (Lipinski definition) is 1. The molecule has 0 aliphatic carbocycles. The van der Waals surface area contributed by atoms with Crippen LogP contribution in [0.2, 0.25) is 0 Å². The zero-order valence-corrected chi connectivity index (χ0v) is 11.6. The summed E-state index contributed by atoms with van der Waals surface area (Å²) in [5.74, 6) is -0.191. The van der Waals surface area contributed by atoms with Crippen molar-refractivity contribution in [1.82, 2.24) is 10.3 Å². The lowest BCUT2D eigenvalue weighted by atomic mass is 10.1. The van der Waals surface area contributed by atoms with Gasteiger partial charge in [-0.15, -0.1) is 0 Å². The van der Waals surface area contributed by atoms with Gasteiger partial charge in [0.1, 0.15) is 5.82 Å². The van der Waals surface area contributed by atoms with E-state index >= 15 is 0 Å². The molecule has 94 valence electrons. The van der Waals surface area contributed by atoms with Crippen molar-refractivity contribution < 1.29 is 4.39 Å². The Kier molecular flexibility index (Phi) is 4.44. The maximum atomic E-state index is 13.5. The predicted octanol–water partition coefficient (Wildman–Crippen LogP) is 3.83. The second kappa shape index (κ2) is 6.07. The van der Waals surface area contributed by atoms with E-state index in [-0.39, 0.29) is 11.9 Å². The molecule has 0 aliphatic heterocycles. The molecule has 0 amide bonds. The summed E-state index contributed by atoms with van der Waals surface area (Å²) in [6.07, 6.45) is 3.55. The third kappa shape index (κ3) is 3.37. The van der Waals surface area contributed by atoms with Crippen LogP contribution in [0.3, 0.4) is 0 Å². The molecule has 1 heterocycles. The lowest BCUT2D eigenvalue weighted by Crippen LogP contribution is -2.18. The van der Waals surface area contributed by atoms with E-state index in [2.05, 4.69) is 26.2 Å². The van der Waals surface area contributed by atoms with E-state index < -0.39 is 0 Å². The number of nitrogens with one attached hydrogen (secondary N) is 1. The van der Waals surface area contributed by atoms with Gasteiger partial charge in [-0.3, -0.25) is 4.98 Å². The highest BCUT2D eigenvalue weighted by Gasteiger charge is 2.07. The zero-order valence-electron chi connectivity index (χ0n) is 10.0. The van der Waals surface area contributed by atoms with Crippen molar-refractivity contribution in [3.63, 3.8) is 0 Å². The van der Waals surface area contributed by atoms with Crippen LogP contribution in [0, 0.1) is 5.82 Å². The first-order chi connectivity index (χ1) is 8.66. The highest BCUT2D eigenvalue weighted by atomic mass is 79.9. The Bertz CT molecular complexity index is 516. The van der Waals surface area contributed by atoms with Crippen LogP contribution in [0.1, 0.15) is 24.1 Å². The fourth-order valence-corrected chi connectivity index (χ4v) is 2.10. The summed E-state index contributed by atoms with van der Waals surface area (Å²) in [4.78, 5) is 4.07. The summed E-state index contributed by atoms with van der Waals surface area (Å²) < 4.78 is 14.4. The second-order valence-corrected chi connectivity index (χ2v) is 5.04. The van der Waals surface area contributed by atoms with Crippen LogP contribution in [0.4, 0.5) is 4.39 Å². The van der Waals surface area contributed by atoms with Gasteiger partial charge in [-0.05, 0) is 36.8 Å². The Morgan fingerprint density at radius 2 is 2.22 bits per heavy atom. The van der Waals surface area contributed by atoms with Crippen molar-refractivity contribution in [3.8, 4) is 0 Å². The van der Waals surface area contributed by atoms with Gasteiger partial charge in [0.05, 0.1) is 0 Å². The Labute approximate surface area is 114 Å². The van der Waals surface area contributed by atoms with E-state index in [9.17, 15) is 4.39 Å². The molecule has 18 heavy (non-hydrogen) atoms. The molecule has 1 aromatic heterocycles. The summed E-state index contributed by atoms with van der Waals surface area (Å²) in [5.41, 5.74) is 1.74. The number of halogens is 2. The first-order valence-electron chi connectivity index (χ1n) is 5.74. The topological polar surface area (TPSA) is 24.9 Å². The molecule has 1 N–H and O–H groups in total. The number of pyridine rings is 1. The van der Waals surface area contributed by atoms with Gasteiger partial charge in [-0.25, -0.2) is 4.39 Å². The minimum absolute atomic E-state index is 0.136. The fourth-order valence-electron chi connectivity index (χ4n) is 1.69. The molecule has 0 saturated heterocycles. The molecule has 0 fully saturated rings. The lowest BCUT2D eigenvalue weighted by molar-refractivity contribution is 0.543. The number of nitrogens with zero attached hydrogens (tertiary/aromatic N) is 1. The summed E-state index contributed by atoms with van der Waals surface area (Å²) in [5, 5.41) is 3.28. The Hall–Kier alpha value is -1.26. The number of benzene rings is 1. The van der Waals surface area contributed by atoms with Gasteiger partial charge in [-0.1, -0.05) is 22.0 Å². The second-order valence-electron chi connectivity index (χ2n) is 4.12. The molecule has 0 radical (unpaired) electrons. The zero-order chi connectivity index (χ0) is 13.0. The average Bonchev–Trinajstić information content (AvgIpc) is 2.40. The van der Waals surface area contributed by atoms with Crippen LogP contribution in [0.5, 0.6) is 0 Å². The molecule has 0 bridgehead atoms. The molecule has 0 aliphatic rings. The fraction of sp³-hybridized carbons (Fsp3) is 0.214. The SMILES string of the molecule is C[C@@H](NCc1cc(Br)ccc1F)c1cccnc1. The van der Waals surface area contributed by atoms with Crippen molar-refractivity contribution in [3.05, 3.63) is 64.1 Å². The summed E-state index contributed by atoms with van der Waals surface area (Å²) in [6, 6.07) is 8.99. The number of hydrogen-bond acceptors (Lipinski definition) is 2. The first kappa shape index (κ1) is 13.2. The monoisotopic (exact) mass is 308 g/mol. The predicted molar refractivity (Wildman–Crippen MR) is 73.6 cm³/mol. The highest BCUT2D eigenvalue weighted by molar-refractivity contribution is 9.10. The molecule has 0 saturated carbocycles. The standard InChI is InChI=1S/C14H14BrFN2/c1-10(11-3-2-6-17-8-11)18-9-12-7-13(15)4-5-14(12)16/h2-8,10,18H,9H2,1H3/t10-/m1/s1. The van der Waals surface area contributed by atoms with Crippen LogP contribution in [0.25, 0.3) is 0 Å². The third-order valence-electron chi connectivity index (χ3n) is 2.79. The lowest BCUT2D eigenvalue weighted by Gasteiger charge is -2.14. The molecule has 2 rings (SSSR count). The van der Waals surface area contributed by atoms with Gasteiger partial charge < -0.3 is 5.32 Å². The van der Waals surface area contributed by atoms with E-state index in [1.54, 1.807) is 18.3 Å². The van der Waals surface area contributed by atoms with Crippen LogP contribution >= 0.6 is 15.9 Å². The summed E-state index contributed by atoms with van der Waals surface area (Å²) >= 11 is 3.34. The maximum absolute atomic E-state index is 13.5. The van der Waals surface area contributed by atoms with Crippen molar-refractivity contribution in [2.75, 3.05) is 0 Å². The molecule has 0 unspecified atom stereocenters. The van der Waals surface area contributed by atoms with Crippen molar-refractivity contribution in [2.45, 2.75) is 19.5 Å². The van der Waals surface area contributed by atoms with Gasteiger partial charge >= 0.3 is 0 Å². The van der Waals surface area contributed by atoms with Crippen molar-refractivity contribution >= 4 is 15.9 Å². The largest absolute Gasteiger partial charge is 0.306 e. The van der Waals surface area contributed by atoms with Crippen LogP contribution in [-0.2, 0) is 6.54 Å². The van der Waals surface area contributed by atoms with Crippen molar-refractivity contribution in [1.29, 1.82) is 0 Å². The normalized spacial score (nSPS) is 12.4. The maximum Gasteiger partial charge on any atom is 0.127 e. The van der Waals surface area contributed by atoms with Crippen LogP contribution in [0.15, 0.2) is 47.2 Å². The average molecular weight is 309 g/mol. The summed E-state index contributed by atoms with van der Waals surface area (Å²) in [6.45, 7) is 2.52. The van der Waals surface area contributed by atoms with E-state index in [0.29, 0.717) is 12.1 Å². The number of aromatic nitrogens is 1. The van der Waals surface area contributed by atoms with E-state index in [0.717, 1.165) is 10.0 Å². The summed E-state index contributed by atoms with van der Waals surface area (Å²) in [7, 11) is 0.